The average molecular weight is 296 g/mol. The SMILES string of the molecule is COCC(C)(CCO)NCc1cc(-c2cccs2)on1. The molecule has 2 N–H and O–H groups in total. The molecule has 0 saturated carbocycles. The molecule has 20 heavy (non-hydrogen) atoms. The maximum absolute atomic E-state index is 9.13. The fourth-order valence-corrected chi connectivity index (χ4v) is 2.68. The first-order valence-corrected chi connectivity index (χ1v) is 7.39. The number of methoxy groups -OCH3 is 1. The summed E-state index contributed by atoms with van der Waals surface area (Å²) in [6.45, 7) is 3.25. The zero-order valence-electron chi connectivity index (χ0n) is 11.8. The van der Waals surface area contributed by atoms with Crippen LogP contribution >= 0.6 is 11.3 Å². The Morgan fingerprint density at radius 2 is 2.40 bits per heavy atom. The number of aliphatic hydroxyl groups excluding tert-OH is 1. The van der Waals surface area contributed by atoms with Gasteiger partial charge in [-0.2, -0.15) is 0 Å². The molecule has 0 aliphatic carbocycles. The number of nitrogens with one attached hydrogen (secondary N) is 1. The van der Waals surface area contributed by atoms with Crippen LogP contribution in [0.15, 0.2) is 28.1 Å². The molecule has 2 rings (SSSR count). The summed E-state index contributed by atoms with van der Waals surface area (Å²) in [5.74, 6) is 0.785. The van der Waals surface area contributed by atoms with E-state index in [0.29, 0.717) is 19.6 Å². The van der Waals surface area contributed by atoms with E-state index in [9.17, 15) is 0 Å². The van der Waals surface area contributed by atoms with E-state index < -0.39 is 0 Å². The van der Waals surface area contributed by atoms with Crippen molar-refractivity contribution in [1.29, 1.82) is 0 Å². The molecular formula is C14H20N2O3S. The molecular weight excluding hydrogens is 276 g/mol. The summed E-state index contributed by atoms with van der Waals surface area (Å²) in [5.41, 5.74) is 0.569. The summed E-state index contributed by atoms with van der Waals surface area (Å²) in [6, 6.07) is 5.92. The van der Waals surface area contributed by atoms with Gasteiger partial charge in [0, 0.05) is 31.9 Å². The lowest BCUT2D eigenvalue weighted by Gasteiger charge is -2.29. The van der Waals surface area contributed by atoms with Crippen molar-refractivity contribution in [2.24, 2.45) is 0 Å². The molecule has 6 heteroatoms. The Labute approximate surface area is 122 Å². The molecule has 5 nitrogen and oxygen atoms in total. The highest BCUT2D eigenvalue weighted by Crippen LogP contribution is 2.25. The maximum atomic E-state index is 9.13. The first-order valence-electron chi connectivity index (χ1n) is 6.51. The Morgan fingerprint density at radius 3 is 3.05 bits per heavy atom. The van der Waals surface area contributed by atoms with Crippen molar-refractivity contribution in [2.75, 3.05) is 20.3 Å². The van der Waals surface area contributed by atoms with E-state index in [2.05, 4.69) is 10.5 Å². The van der Waals surface area contributed by atoms with Gasteiger partial charge in [0.1, 0.15) is 0 Å². The summed E-state index contributed by atoms with van der Waals surface area (Å²) >= 11 is 1.62. The number of hydrogen-bond acceptors (Lipinski definition) is 6. The minimum Gasteiger partial charge on any atom is -0.396 e. The van der Waals surface area contributed by atoms with Gasteiger partial charge in [-0.25, -0.2) is 0 Å². The lowest BCUT2D eigenvalue weighted by molar-refractivity contribution is 0.0965. The summed E-state index contributed by atoms with van der Waals surface area (Å²) in [4.78, 5) is 1.07. The molecule has 0 aliphatic rings. The topological polar surface area (TPSA) is 67.5 Å². The molecule has 2 heterocycles. The minimum atomic E-state index is -0.272. The number of hydrogen-bond donors (Lipinski definition) is 2. The van der Waals surface area contributed by atoms with Crippen molar-refractivity contribution < 1.29 is 14.4 Å². The third kappa shape index (κ3) is 3.89. The molecule has 110 valence electrons. The van der Waals surface area contributed by atoms with E-state index >= 15 is 0 Å². The summed E-state index contributed by atoms with van der Waals surface area (Å²) in [5, 5.41) is 18.6. The monoisotopic (exact) mass is 296 g/mol. The van der Waals surface area contributed by atoms with Crippen LogP contribution < -0.4 is 5.32 Å². The molecule has 0 aliphatic heterocycles. The number of rotatable bonds is 8. The number of aliphatic hydroxyl groups is 1. The van der Waals surface area contributed by atoms with Crippen LogP contribution in [0.5, 0.6) is 0 Å². The van der Waals surface area contributed by atoms with E-state index in [-0.39, 0.29) is 12.1 Å². The third-order valence-electron chi connectivity index (χ3n) is 3.15. The van der Waals surface area contributed by atoms with Crippen LogP contribution in [-0.2, 0) is 11.3 Å². The third-order valence-corrected chi connectivity index (χ3v) is 4.03. The molecule has 0 aromatic carbocycles. The Kier molecular flexibility index (Phi) is 5.31. The molecule has 0 amide bonds. The molecule has 0 fully saturated rings. The molecule has 1 atom stereocenters. The second kappa shape index (κ2) is 6.99. The van der Waals surface area contributed by atoms with Gasteiger partial charge >= 0.3 is 0 Å². The highest BCUT2D eigenvalue weighted by molar-refractivity contribution is 7.13. The largest absolute Gasteiger partial charge is 0.396 e. The summed E-state index contributed by atoms with van der Waals surface area (Å²) in [7, 11) is 1.66. The smallest absolute Gasteiger partial charge is 0.177 e. The van der Waals surface area contributed by atoms with Gasteiger partial charge in [0.25, 0.3) is 0 Å². The van der Waals surface area contributed by atoms with Crippen LogP contribution in [0.1, 0.15) is 19.0 Å². The molecule has 1 unspecified atom stereocenters. The predicted molar refractivity (Wildman–Crippen MR) is 78.6 cm³/mol. The first kappa shape index (κ1) is 15.2. The van der Waals surface area contributed by atoms with Gasteiger partial charge in [-0.15, -0.1) is 11.3 Å². The van der Waals surface area contributed by atoms with E-state index in [1.54, 1.807) is 18.4 Å². The van der Waals surface area contributed by atoms with Crippen molar-refractivity contribution in [3.63, 3.8) is 0 Å². The van der Waals surface area contributed by atoms with E-state index in [1.165, 1.54) is 0 Å². The highest BCUT2D eigenvalue weighted by Gasteiger charge is 2.23. The van der Waals surface area contributed by atoms with Crippen LogP contribution in [0.2, 0.25) is 0 Å². The Bertz CT molecular complexity index is 504. The normalized spacial score (nSPS) is 14.3. The van der Waals surface area contributed by atoms with Gasteiger partial charge in [-0.05, 0) is 24.8 Å². The van der Waals surface area contributed by atoms with Crippen molar-refractivity contribution in [3.8, 4) is 10.6 Å². The minimum absolute atomic E-state index is 0.117. The van der Waals surface area contributed by atoms with Gasteiger partial charge in [-0.1, -0.05) is 11.2 Å². The number of thiophene rings is 1. The first-order chi connectivity index (χ1) is 9.67. The summed E-state index contributed by atoms with van der Waals surface area (Å²) in [6.07, 6.45) is 0.622. The zero-order valence-corrected chi connectivity index (χ0v) is 12.6. The average Bonchev–Trinajstić information content (AvgIpc) is 3.08. The van der Waals surface area contributed by atoms with Crippen molar-refractivity contribution in [2.45, 2.75) is 25.4 Å². The van der Waals surface area contributed by atoms with E-state index in [4.69, 9.17) is 14.4 Å². The standard InChI is InChI=1S/C14H20N2O3S/c1-14(5-6-17,10-18-2)15-9-11-8-12(19-16-11)13-4-3-7-20-13/h3-4,7-8,15,17H,5-6,9-10H2,1-2H3. The van der Waals surface area contributed by atoms with E-state index in [0.717, 1.165) is 16.3 Å². The lowest BCUT2D eigenvalue weighted by Crippen LogP contribution is -2.46. The molecule has 2 aromatic rings. The zero-order chi connectivity index (χ0) is 14.4. The number of ether oxygens (including phenoxy) is 1. The van der Waals surface area contributed by atoms with Gasteiger partial charge in [-0.3, -0.25) is 0 Å². The second-order valence-corrected chi connectivity index (χ2v) is 5.93. The molecule has 0 radical (unpaired) electrons. The van der Waals surface area contributed by atoms with Crippen LogP contribution in [0.4, 0.5) is 0 Å². The number of aromatic nitrogens is 1. The second-order valence-electron chi connectivity index (χ2n) is 4.98. The van der Waals surface area contributed by atoms with Crippen LogP contribution in [0, 0.1) is 0 Å². The molecule has 0 spiro atoms. The maximum Gasteiger partial charge on any atom is 0.177 e. The quantitative estimate of drug-likeness (QED) is 0.782. The number of nitrogens with zero attached hydrogens (tertiary/aromatic N) is 1. The van der Waals surface area contributed by atoms with E-state index in [1.807, 2.05) is 30.5 Å². The molecule has 0 saturated heterocycles. The lowest BCUT2D eigenvalue weighted by atomic mass is 9.99. The highest BCUT2D eigenvalue weighted by atomic mass is 32.1. The Morgan fingerprint density at radius 1 is 1.55 bits per heavy atom. The van der Waals surface area contributed by atoms with Gasteiger partial charge in [0.2, 0.25) is 0 Å². The van der Waals surface area contributed by atoms with Crippen molar-refractivity contribution in [3.05, 3.63) is 29.3 Å². The molecule has 2 aromatic heterocycles. The van der Waals surface area contributed by atoms with Gasteiger partial charge < -0.3 is 19.7 Å². The fraction of sp³-hybridized carbons (Fsp3) is 0.500. The van der Waals surface area contributed by atoms with Gasteiger partial charge in [0.15, 0.2) is 5.76 Å². The van der Waals surface area contributed by atoms with Crippen LogP contribution in [0.3, 0.4) is 0 Å². The Balaban J connectivity index is 1.96. The van der Waals surface area contributed by atoms with Crippen molar-refractivity contribution in [1.82, 2.24) is 10.5 Å². The Hall–Kier alpha value is -1.21. The van der Waals surface area contributed by atoms with Crippen LogP contribution in [0.25, 0.3) is 10.6 Å². The molecule has 0 bridgehead atoms. The summed E-state index contributed by atoms with van der Waals surface area (Å²) < 4.78 is 10.5. The van der Waals surface area contributed by atoms with Crippen LogP contribution in [-0.4, -0.2) is 36.1 Å². The van der Waals surface area contributed by atoms with Gasteiger partial charge in [0.05, 0.1) is 17.2 Å². The fourth-order valence-electron chi connectivity index (χ4n) is 2.01. The van der Waals surface area contributed by atoms with Crippen molar-refractivity contribution >= 4 is 11.3 Å². The predicted octanol–water partition coefficient (Wildman–Crippen LogP) is 2.28.